The average Bonchev–Trinajstić information content (AvgIpc) is 2.80. The van der Waals surface area contributed by atoms with E-state index in [2.05, 4.69) is 20.8 Å². The third kappa shape index (κ3) is 3.54. The zero-order valence-electron chi connectivity index (χ0n) is 15.8. The zero-order chi connectivity index (χ0) is 19.1. The molecule has 0 bridgehead atoms. The lowest BCUT2D eigenvalue weighted by Gasteiger charge is -2.43. The summed E-state index contributed by atoms with van der Waals surface area (Å²) in [6.07, 6.45) is 0.901. The van der Waals surface area contributed by atoms with Crippen LogP contribution < -0.4 is 4.90 Å². The second kappa shape index (κ2) is 6.76. The minimum Gasteiger partial charge on any atom is -0.444 e. The summed E-state index contributed by atoms with van der Waals surface area (Å²) in [5.74, 6) is 0.129. The number of amides is 2. The molecule has 2 saturated heterocycles. The Morgan fingerprint density at radius 3 is 2.27 bits per heavy atom. The molecule has 0 aliphatic carbocycles. The standard InChI is InChI=1S/C19H26BrN3O3/c1-18(2,3)26-17(25)22-11-9-19(10-12-22)16(24)21(4)13-23(19)15-7-5-14(20)6-8-15/h5-8H,9-13H2,1-4H3. The summed E-state index contributed by atoms with van der Waals surface area (Å²) in [4.78, 5) is 31.0. The third-order valence-electron chi connectivity index (χ3n) is 5.00. The van der Waals surface area contributed by atoms with Gasteiger partial charge in [0, 0.05) is 30.3 Å². The number of hydrogen-bond acceptors (Lipinski definition) is 4. The summed E-state index contributed by atoms with van der Waals surface area (Å²) in [6.45, 7) is 7.18. The van der Waals surface area contributed by atoms with Gasteiger partial charge in [0.05, 0.1) is 6.67 Å². The maximum atomic E-state index is 13.0. The van der Waals surface area contributed by atoms with Gasteiger partial charge in [0.15, 0.2) is 0 Å². The number of halogens is 1. The van der Waals surface area contributed by atoms with Crippen LogP contribution in [0.1, 0.15) is 33.6 Å². The molecule has 2 amide bonds. The Morgan fingerprint density at radius 2 is 1.73 bits per heavy atom. The molecule has 0 radical (unpaired) electrons. The van der Waals surface area contributed by atoms with Crippen LogP contribution in [-0.2, 0) is 9.53 Å². The number of rotatable bonds is 1. The van der Waals surface area contributed by atoms with Crippen molar-refractivity contribution in [3.05, 3.63) is 28.7 Å². The molecular weight excluding hydrogens is 398 g/mol. The summed E-state index contributed by atoms with van der Waals surface area (Å²) in [5.41, 5.74) is -0.0724. The molecule has 1 aromatic rings. The molecule has 7 heteroatoms. The van der Waals surface area contributed by atoms with Crippen molar-refractivity contribution in [1.82, 2.24) is 9.80 Å². The van der Waals surface area contributed by atoms with Gasteiger partial charge in [0.1, 0.15) is 11.1 Å². The Bertz CT molecular complexity index is 691. The Balaban J connectivity index is 1.78. The van der Waals surface area contributed by atoms with Gasteiger partial charge in [-0.05, 0) is 57.9 Å². The van der Waals surface area contributed by atoms with E-state index in [0.29, 0.717) is 32.6 Å². The molecule has 0 N–H and O–H groups in total. The molecule has 2 heterocycles. The van der Waals surface area contributed by atoms with Gasteiger partial charge in [-0.3, -0.25) is 4.79 Å². The first kappa shape index (κ1) is 19.0. The van der Waals surface area contributed by atoms with E-state index < -0.39 is 11.1 Å². The van der Waals surface area contributed by atoms with Gasteiger partial charge >= 0.3 is 6.09 Å². The number of likely N-dealkylation sites (tertiary alicyclic amines) is 1. The molecule has 6 nitrogen and oxygen atoms in total. The first-order valence-corrected chi connectivity index (χ1v) is 9.68. The van der Waals surface area contributed by atoms with Crippen LogP contribution in [0.4, 0.5) is 10.5 Å². The van der Waals surface area contributed by atoms with Crippen LogP contribution in [0, 0.1) is 0 Å². The number of piperidine rings is 1. The molecule has 2 fully saturated rings. The molecule has 0 saturated carbocycles. The highest BCUT2D eigenvalue weighted by molar-refractivity contribution is 9.10. The van der Waals surface area contributed by atoms with Gasteiger partial charge in [-0.2, -0.15) is 0 Å². The van der Waals surface area contributed by atoms with Crippen molar-refractivity contribution in [2.24, 2.45) is 0 Å². The summed E-state index contributed by atoms with van der Waals surface area (Å²) < 4.78 is 6.48. The predicted octanol–water partition coefficient (Wildman–Crippen LogP) is 3.45. The number of anilines is 1. The topological polar surface area (TPSA) is 53.1 Å². The van der Waals surface area contributed by atoms with E-state index in [1.165, 1.54) is 0 Å². The average molecular weight is 424 g/mol. The minimum absolute atomic E-state index is 0.129. The van der Waals surface area contributed by atoms with Gasteiger partial charge in [0.25, 0.3) is 0 Å². The van der Waals surface area contributed by atoms with Crippen LogP contribution in [0.25, 0.3) is 0 Å². The number of carbonyl (C=O) groups excluding carboxylic acids is 2. The van der Waals surface area contributed by atoms with Crippen molar-refractivity contribution in [3.8, 4) is 0 Å². The molecule has 1 aromatic carbocycles. The zero-order valence-corrected chi connectivity index (χ0v) is 17.4. The number of carbonyl (C=O) groups is 2. The number of nitrogens with zero attached hydrogens (tertiary/aromatic N) is 3. The normalized spacial score (nSPS) is 20.0. The highest BCUT2D eigenvalue weighted by Gasteiger charge is 2.53. The minimum atomic E-state index is -0.582. The van der Waals surface area contributed by atoms with Gasteiger partial charge in [-0.1, -0.05) is 15.9 Å². The molecule has 1 spiro atoms. The number of ether oxygens (including phenoxy) is 1. The highest BCUT2D eigenvalue weighted by atomic mass is 79.9. The first-order valence-electron chi connectivity index (χ1n) is 8.89. The van der Waals surface area contributed by atoms with E-state index >= 15 is 0 Å². The van der Waals surface area contributed by atoms with Crippen molar-refractivity contribution < 1.29 is 14.3 Å². The molecule has 0 atom stereocenters. The molecular formula is C19H26BrN3O3. The van der Waals surface area contributed by atoms with Crippen molar-refractivity contribution in [3.63, 3.8) is 0 Å². The quantitative estimate of drug-likeness (QED) is 0.693. The fourth-order valence-corrected chi connectivity index (χ4v) is 3.97. The molecule has 2 aliphatic rings. The first-order chi connectivity index (χ1) is 12.1. The Kier molecular flexibility index (Phi) is 4.94. The Morgan fingerprint density at radius 1 is 1.15 bits per heavy atom. The van der Waals surface area contributed by atoms with Crippen molar-refractivity contribution in [2.45, 2.75) is 44.8 Å². The molecule has 3 rings (SSSR count). The second-order valence-corrected chi connectivity index (χ2v) is 8.96. The van der Waals surface area contributed by atoms with E-state index in [1.807, 2.05) is 52.1 Å². The summed E-state index contributed by atoms with van der Waals surface area (Å²) >= 11 is 3.46. The molecule has 142 valence electrons. The lowest BCUT2D eigenvalue weighted by Crippen LogP contribution is -2.57. The van der Waals surface area contributed by atoms with E-state index in [1.54, 1.807) is 9.80 Å². The van der Waals surface area contributed by atoms with Crippen LogP contribution in [0.15, 0.2) is 28.7 Å². The number of hydrogen-bond donors (Lipinski definition) is 0. The fourth-order valence-electron chi connectivity index (χ4n) is 3.70. The smallest absolute Gasteiger partial charge is 0.410 e. The lowest BCUT2D eigenvalue weighted by molar-refractivity contribution is -0.132. The summed E-state index contributed by atoms with van der Waals surface area (Å²) in [5, 5.41) is 0. The molecule has 2 aliphatic heterocycles. The van der Waals surface area contributed by atoms with Gasteiger partial charge in [-0.25, -0.2) is 4.79 Å². The monoisotopic (exact) mass is 423 g/mol. The number of benzene rings is 1. The largest absolute Gasteiger partial charge is 0.444 e. The van der Waals surface area contributed by atoms with E-state index in [9.17, 15) is 9.59 Å². The van der Waals surface area contributed by atoms with E-state index in [0.717, 1.165) is 10.2 Å². The lowest BCUT2D eigenvalue weighted by atomic mass is 9.85. The Hall–Kier alpha value is -1.76. The maximum Gasteiger partial charge on any atom is 0.410 e. The van der Waals surface area contributed by atoms with Crippen LogP contribution in [-0.4, -0.2) is 59.7 Å². The van der Waals surface area contributed by atoms with Crippen LogP contribution in [0.5, 0.6) is 0 Å². The van der Waals surface area contributed by atoms with Crippen LogP contribution in [0.2, 0.25) is 0 Å². The van der Waals surface area contributed by atoms with E-state index in [-0.39, 0.29) is 12.0 Å². The second-order valence-electron chi connectivity index (χ2n) is 8.05. The summed E-state index contributed by atoms with van der Waals surface area (Å²) in [7, 11) is 1.84. The van der Waals surface area contributed by atoms with Gasteiger partial charge < -0.3 is 19.4 Å². The maximum absolute atomic E-state index is 13.0. The Labute approximate surface area is 163 Å². The molecule has 0 unspecified atom stereocenters. The van der Waals surface area contributed by atoms with Gasteiger partial charge in [0.2, 0.25) is 5.91 Å². The fraction of sp³-hybridized carbons (Fsp3) is 0.579. The third-order valence-corrected chi connectivity index (χ3v) is 5.52. The summed E-state index contributed by atoms with van der Waals surface area (Å²) in [6, 6.07) is 8.03. The van der Waals surface area contributed by atoms with Crippen molar-refractivity contribution in [2.75, 3.05) is 31.7 Å². The SMILES string of the molecule is CN1CN(c2ccc(Br)cc2)C2(CCN(C(=O)OC(C)(C)C)CC2)C1=O. The van der Waals surface area contributed by atoms with E-state index in [4.69, 9.17) is 4.74 Å². The highest BCUT2D eigenvalue weighted by Crippen LogP contribution is 2.39. The van der Waals surface area contributed by atoms with Crippen molar-refractivity contribution in [1.29, 1.82) is 0 Å². The molecule has 0 aromatic heterocycles. The predicted molar refractivity (Wildman–Crippen MR) is 104 cm³/mol. The van der Waals surface area contributed by atoms with Gasteiger partial charge in [-0.15, -0.1) is 0 Å². The van der Waals surface area contributed by atoms with Crippen molar-refractivity contribution >= 4 is 33.6 Å². The molecule has 26 heavy (non-hydrogen) atoms. The number of likely N-dealkylation sites (N-methyl/N-ethyl adjacent to an activating group) is 1. The van der Waals surface area contributed by atoms with Crippen LogP contribution >= 0.6 is 15.9 Å². The van der Waals surface area contributed by atoms with Crippen LogP contribution in [0.3, 0.4) is 0 Å².